The maximum Gasteiger partial charge on any atom is 0.269 e. The molecule has 1 saturated heterocycles. The Kier molecular flexibility index (Phi) is 9.45. The van der Waals surface area contributed by atoms with Gasteiger partial charge in [0.1, 0.15) is 22.4 Å². The van der Waals surface area contributed by atoms with Gasteiger partial charge in [0.2, 0.25) is 5.91 Å². The summed E-state index contributed by atoms with van der Waals surface area (Å²) in [7, 11) is 0. The highest BCUT2D eigenvalue weighted by atomic mass is 32.2. The van der Waals surface area contributed by atoms with Crippen LogP contribution in [0.1, 0.15) is 43.4 Å². The number of carbonyl (C=O) groups excluding carboxylic acids is 2. The van der Waals surface area contributed by atoms with E-state index >= 15 is 0 Å². The van der Waals surface area contributed by atoms with Crippen LogP contribution in [-0.4, -0.2) is 23.7 Å². The Morgan fingerprint density at radius 1 is 1.03 bits per heavy atom. The second-order valence-corrected chi connectivity index (χ2v) is 10.6. The molecule has 1 unspecified atom stereocenters. The molecule has 1 heterocycles. The molecular formula is C32H33N3O3S. The smallest absolute Gasteiger partial charge is 0.269 e. The molecule has 200 valence electrons. The van der Waals surface area contributed by atoms with Crippen LogP contribution in [0.2, 0.25) is 0 Å². The van der Waals surface area contributed by atoms with Gasteiger partial charge in [-0.1, -0.05) is 67.6 Å². The monoisotopic (exact) mass is 539 g/mol. The van der Waals surface area contributed by atoms with Crippen LogP contribution in [0.25, 0.3) is 0 Å². The number of anilines is 2. The van der Waals surface area contributed by atoms with Crippen LogP contribution in [-0.2, 0) is 22.4 Å². The molecule has 3 aromatic rings. The van der Waals surface area contributed by atoms with Gasteiger partial charge in [-0.2, -0.15) is 5.26 Å². The summed E-state index contributed by atoms with van der Waals surface area (Å²) in [5.41, 5.74) is 4.31. The predicted molar refractivity (Wildman–Crippen MR) is 158 cm³/mol. The number of hydrogen-bond acceptors (Lipinski definition) is 5. The number of hydrogen-bond donors (Lipinski definition) is 1. The number of amides is 2. The van der Waals surface area contributed by atoms with Gasteiger partial charge in [-0.3, -0.25) is 14.5 Å². The number of ether oxygens (including phenoxy) is 1. The molecule has 1 fully saturated rings. The van der Waals surface area contributed by atoms with E-state index in [1.807, 2.05) is 32.0 Å². The van der Waals surface area contributed by atoms with Crippen molar-refractivity contribution in [3.05, 3.63) is 100 Å². The second-order valence-electron chi connectivity index (χ2n) is 9.39. The van der Waals surface area contributed by atoms with Crippen molar-refractivity contribution in [3.8, 4) is 11.8 Å². The molecule has 0 saturated carbocycles. The number of para-hydroxylation sites is 1. The number of aryl methyl sites for hydroxylation is 2. The van der Waals surface area contributed by atoms with Crippen molar-refractivity contribution in [2.24, 2.45) is 0 Å². The quantitative estimate of drug-likeness (QED) is 0.226. The van der Waals surface area contributed by atoms with Crippen LogP contribution >= 0.6 is 11.8 Å². The van der Waals surface area contributed by atoms with Crippen molar-refractivity contribution in [1.82, 2.24) is 0 Å². The lowest BCUT2D eigenvalue weighted by molar-refractivity contribution is -0.117. The molecule has 3 aromatic carbocycles. The lowest BCUT2D eigenvalue weighted by Gasteiger charge is -2.19. The minimum atomic E-state index is -0.543. The minimum absolute atomic E-state index is 0.0945. The zero-order chi connectivity index (χ0) is 27.8. The van der Waals surface area contributed by atoms with E-state index in [1.165, 1.54) is 22.2 Å². The maximum absolute atomic E-state index is 13.8. The number of nitrogens with one attached hydrogen (secondary N) is 1. The molecule has 0 bridgehead atoms. The average molecular weight is 540 g/mol. The van der Waals surface area contributed by atoms with E-state index in [0.29, 0.717) is 35.2 Å². The number of nitriles is 1. The summed E-state index contributed by atoms with van der Waals surface area (Å²) in [4.78, 5) is 28.6. The van der Waals surface area contributed by atoms with E-state index in [9.17, 15) is 14.9 Å². The van der Waals surface area contributed by atoms with Gasteiger partial charge < -0.3 is 10.1 Å². The van der Waals surface area contributed by atoms with Crippen LogP contribution in [0.4, 0.5) is 11.4 Å². The molecule has 0 radical (unpaired) electrons. The molecule has 0 aromatic heterocycles. The summed E-state index contributed by atoms with van der Waals surface area (Å²) in [6.45, 7) is 6.50. The van der Waals surface area contributed by atoms with Crippen LogP contribution in [0, 0.1) is 18.3 Å². The van der Waals surface area contributed by atoms with E-state index in [0.717, 1.165) is 30.4 Å². The highest BCUT2D eigenvalue weighted by Gasteiger charge is 2.40. The number of unbranched alkanes of at least 4 members (excludes halogenated alkanes) is 1. The van der Waals surface area contributed by atoms with Gasteiger partial charge in [0.15, 0.2) is 0 Å². The molecular weight excluding hydrogens is 506 g/mol. The first-order valence-corrected chi connectivity index (χ1v) is 14.2. The van der Waals surface area contributed by atoms with Crippen LogP contribution < -0.4 is 15.0 Å². The summed E-state index contributed by atoms with van der Waals surface area (Å²) >= 11 is 1.27. The summed E-state index contributed by atoms with van der Waals surface area (Å²) < 4.78 is 5.56. The van der Waals surface area contributed by atoms with E-state index in [4.69, 9.17) is 4.74 Å². The van der Waals surface area contributed by atoms with Gasteiger partial charge >= 0.3 is 0 Å². The van der Waals surface area contributed by atoms with E-state index in [1.54, 1.807) is 30.3 Å². The van der Waals surface area contributed by atoms with Gasteiger partial charge in [-0.05, 0) is 80.1 Å². The third-order valence-electron chi connectivity index (χ3n) is 6.57. The predicted octanol–water partition coefficient (Wildman–Crippen LogP) is 6.80. The molecule has 1 atom stereocenters. The molecule has 7 heteroatoms. The topological polar surface area (TPSA) is 82.4 Å². The zero-order valence-electron chi connectivity index (χ0n) is 22.6. The number of nitrogens with zero attached hydrogens (tertiary/aromatic N) is 2. The Morgan fingerprint density at radius 3 is 2.36 bits per heavy atom. The Labute approximate surface area is 234 Å². The Hall–Kier alpha value is -4.02. The summed E-state index contributed by atoms with van der Waals surface area (Å²) in [6, 6.07) is 25.0. The first kappa shape index (κ1) is 28.0. The molecule has 6 nitrogen and oxygen atoms in total. The summed E-state index contributed by atoms with van der Waals surface area (Å²) in [6.07, 6.45) is 3.81. The number of thioether (sulfide) groups is 1. The number of benzene rings is 3. The van der Waals surface area contributed by atoms with Gasteiger partial charge in [0.25, 0.3) is 5.91 Å². The van der Waals surface area contributed by atoms with E-state index in [2.05, 4.69) is 42.6 Å². The standard InChI is InChI=1S/C32H33N3O3S/c1-4-6-10-23-12-14-24(15-13-23)20-29-31(37)35(25-16-18-26(19-17-25)38-5-2)32(39-29)27(21-33)30(36)34-28-11-8-7-9-22(28)3/h7-9,11-19,29H,4-6,10,20H2,1-3H3,(H,34,36)/b32-27-. The molecule has 1 aliphatic heterocycles. The Morgan fingerprint density at radius 2 is 1.72 bits per heavy atom. The van der Waals surface area contributed by atoms with Crippen LogP contribution in [0.15, 0.2) is 83.4 Å². The number of carbonyl (C=O) groups is 2. The van der Waals surface area contributed by atoms with Crippen molar-refractivity contribution in [2.45, 2.75) is 51.7 Å². The third-order valence-corrected chi connectivity index (χ3v) is 7.83. The molecule has 4 rings (SSSR count). The Bertz CT molecular complexity index is 1390. The minimum Gasteiger partial charge on any atom is -0.494 e. The van der Waals surface area contributed by atoms with Crippen LogP contribution in [0.3, 0.4) is 0 Å². The van der Waals surface area contributed by atoms with Gasteiger partial charge in [0.05, 0.1) is 11.9 Å². The number of rotatable bonds is 10. The van der Waals surface area contributed by atoms with E-state index < -0.39 is 11.2 Å². The fraction of sp³-hybridized carbons (Fsp3) is 0.281. The fourth-order valence-electron chi connectivity index (χ4n) is 4.41. The van der Waals surface area contributed by atoms with Crippen molar-refractivity contribution in [1.29, 1.82) is 5.26 Å². The average Bonchev–Trinajstić information content (AvgIpc) is 3.25. The Balaban J connectivity index is 1.67. The zero-order valence-corrected chi connectivity index (χ0v) is 23.4. The molecule has 0 spiro atoms. The van der Waals surface area contributed by atoms with Crippen molar-refractivity contribution in [3.63, 3.8) is 0 Å². The molecule has 1 aliphatic rings. The third kappa shape index (κ3) is 6.71. The highest BCUT2D eigenvalue weighted by molar-refractivity contribution is 8.05. The van der Waals surface area contributed by atoms with Crippen molar-refractivity contribution in [2.75, 3.05) is 16.8 Å². The van der Waals surface area contributed by atoms with Gasteiger partial charge in [-0.25, -0.2) is 0 Å². The second kappa shape index (κ2) is 13.2. The fourth-order valence-corrected chi connectivity index (χ4v) is 5.72. The summed E-state index contributed by atoms with van der Waals surface area (Å²) in [5.74, 6) is -0.0202. The lowest BCUT2D eigenvalue weighted by Crippen LogP contribution is -2.31. The normalized spacial score (nSPS) is 16.1. The lowest BCUT2D eigenvalue weighted by atomic mass is 10.0. The summed E-state index contributed by atoms with van der Waals surface area (Å²) in [5, 5.41) is 12.8. The largest absolute Gasteiger partial charge is 0.494 e. The molecule has 0 aliphatic carbocycles. The molecule has 39 heavy (non-hydrogen) atoms. The first-order chi connectivity index (χ1) is 18.9. The van der Waals surface area contributed by atoms with Crippen LogP contribution in [0.5, 0.6) is 5.75 Å². The molecule has 2 amide bonds. The maximum atomic E-state index is 13.8. The van der Waals surface area contributed by atoms with Gasteiger partial charge in [0, 0.05) is 11.4 Å². The van der Waals surface area contributed by atoms with Crippen molar-refractivity contribution < 1.29 is 14.3 Å². The van der Waals surface area contributed by atoms with E-state index in [-0.39, 0.29) is 11.5 Å². The molecule has 1 N–H and O–H groups in total. The highest BCUT2D eigenvalue weighted by Crippen LogP contribution is 2.42. The first-order valence-electron chi connectivity index (χ1n) is 13.3. The van der Waals surface area contributed by atoms with Crippen molar-refractivity contribution >= 4 is 35.0 Å². The van der Waals surface area contributed by atoms with Gasteiger partial charge in [-0.15, -0.1) is 0 Å². The SMILES string of the molecule is CCCCc1ccc(CC2S/C(=C(/C#N)C(=O)Nc3ccccc3C)N(c3ccc(OCC)cc3)C2=O)cc1.